The highest BCUT2D eigenvalue weighted by molar-refractivity contribution is 5.74. The molecule has 2 heterocycles. The molecule has 1 aromatic rings. The second-order valence-electron chi connectivity index (χ2n) is 8.84. The summed E-state index contributed by atoms with van der Waals surface area (Å²) < 4.78 is 12.1. The number of carbonyl (C=O) groups is 1. The molecule has 1 fully saturated rings. The van der Waals surface area contributed by atoms with E-state index in [9.17, 15) is 9.90 Å². The SMILES string of the molecule is CCCCCC(=O)Oc1ccc2c3c1O[C@H]1[C@@H](O)C=C[C@H]4[C@@H](C2)N(C)CC[C@@]341. The van der Waals surface area contributed by atoms with E-state index in [4.69, 9.17) is 9.47 Å². The fraction of sp³-hybridized carbons (Fsp3) is 0.609. The lowest BCUT2D eigenvalue weighted by Gasteiger charge is -2.56. The summed E-state index contributed by atoms with van der Waals surface area (Å²) in [7, 11) is 2.19. The topological polar surface area (TPSA) is 59.0 Å². The zero-order valence-corrected chi connectivity index (χ0v) is 16.7. The van der Waals surface area contributed by atoms with E-state index < -0.39 is 6.10 Å². The highest BCUT2D eigenvalue weighted by atomic mass is 16.6. The smallest absolute Gasteiger partial charge is 0.311 e. The van der Waals surface area contributed by atoms with Gasteiger partial charge in [-0.05, 0) is 44.5 Å². The highest BCUT2D eigenvalue weighted by Gasteiger charge is 2.64. The molecule has 0 radical (unpaired) electrons. The lowest BCUT2D eigenvalue weighted by Crippen LogP contribution is -2.64. The van der Waals surface area contributed by atoms with Crippen LogP contribution in [0, 0.1) is 5.92 Å². The number of aliphatic hydroxyl groups excluding tert-OH is 1. The summed E-state index contributed by atoms with van der Waals surface area (Å²) in [6, 6.07) is 4.41. The minimum atomic E-state index is -0.633. The maximum atomic E-state index is 12.3. The van der Waals surface area contributed by atoms with Gasteiger partial charge in [0.2, 0.25) is 0 Å². The first-order valence-electron chi connectivity index (χ1n) is 10.7. The number of likely N-dealkylation sites (N-methyl/N-ethyl adjacent to an activating group) is 1. The van der Waals surface area contributed by atoms with Crippen molar-refractivity contribution in [3.05, 3.63) is 35.4 Å². The second-order valence-corrected chi connectivity index (χ2v) is 8.84. The van der Waals surface area contributed by atoms with Crippen LogP contribution in [-0.2, 0) is 16.6 Å². The van der Waals surface area contributed by atoms with Crippen LogP contribution < -0.4 is 9.47 Å². The van der Waals surface area contributed by atoms with Gasteiger partial charge in [0.05, 0.1) is 0 Å². The Kier molecular flexibility index (Phi) is 4.29. The van der Waals surface area contributed by atoms with E-state index in [-0.39, 0.29) is 17.5 Å². The van der Waals surface area contributed by atoms with Gasteiger partial charge in [0.1, 0.15) is 12.2 Å². The standard InChI is InChI=1S/C23H29NO4/c1-3-4-5-6-19(26)27-18-10-7-14-13-16-15-8-9-17(25)22-23(15,11-12-24(16)2)20(14)21(18)28-22/h7-10,15-17,22,25H,3-6,11-13H2,1-2H3/t15-,16+,17-,22-,23-/m0/s1. The normalized spacial score (nSPS) is 34.7. The number of aliphatic hydroxyl groups is 1. The van der Waals surface area contributed by atoms with Crippen LogP contribution in [0.3, 0.4) is 0 Å². The molecular formula is C23H29NO4. The lowest BCUT2D eigenvalue weighted by atomic mass is 9.53. The fourth-order valence-electron chi connectivity index (χ4n) is 6.00. The summed E-state index contributed by atoms with van der Waals surface area (Å²) in [5.74, 6) is 1.34. The van der Waals surface area contributed by atoms with Gasteiger partial charge in [0, 0.05) is 29.4 Å². The first-order chi connectivity index (χ1) is 13.6. The van der Waals surface area contributed by atoms with Crippen LogP contribution in [0.15, 0.2) is 24.3 Å². The first-order valence-corrected chi connectivity index (χ1v) is 10.7. The molecule has 1 aromatic carbocycles. The Morgan fingerprint density at radius 1 is 1.36 bits per heavy atom. The van der Waals surface area contributed by atoms with Gasteiger partial charge < -0.3 is 19.5 Å². The molecule has 5 atom stereocenters. The molecule has 1 N–H and O–H groups in total. The Labute approximate surface area is 166 Å². The molecule has 0 unspecified atom stereocenters. The summed E-state index contributed by atoms with van der Waals surface area (Å²) in [6.45, 7) is 3.11. The van der Waals surface area contributed by atoms with Crippen LogP contribution >= 0.6 is 0 Å². The van der Waals surface area contributed by atoms with Crippen molar-refractivity contribution >= 4 is 5.97 Å². The number of nitrogens with zero attached hydrogens (tertiary/aromatic N) is 1. The Morgan fingerprint density at radius 3 is 3.04 bits per heavy atom. The van der Waals surface area contributed by atoms with Crippen molar-refractivity contribution in [2.24, 2.45) is 5.92 Å². The molecule has 5 heteroatoms. The quantitative estimate of drug-likeness (QED) is 0.367. The average Bonchev–Trinajstić information content (AvgIpc) is 3.03. The number of likely N-dealkylation sites (tertiary alicyclic amines) is 1. The van der Waals surface area contributed by atoms with Crippen molar-refractivity contribution < 1.29 is 19.4 Å². The van der Waals surface area contributed by atoms with Crippen LogP contribution in [-0.4, -0.2) is 47.8 Å². The highest BCUT2D eigenvalue weighted by Crippen LogP contribution is 2.62. The van der Waals surface area contributed by atoms with E-state index in [1.807, 2.05) is 12.1 Å². The van der Waals surface area contributed by atoms with Gasteiger partial charge >= 0.3 is 5.97 Å². The van der Waals surface area contributed by atoms with E-state index in [0.29, 0.717) is 29.9 Å². The number of ether oxygens (including phenoxy) is 2. The third-order valence-corrected chi connectivity index (χ3v) is 7.34. The molecule has 4 aliphatic rings. The minimum absolute atomic E-state index is 0.201. The Balaban J connectivity index is 1.55. The number of hydrogen-bond acceptors (Lipinski definition) is 5. The Bertz CT molecular complexity index is 834. The summed E-state index contributed by atoms with van der Waals surface area (Å²) in [5, 5.41) is 10.7. The second kappa shape index (κ2) is 6.60. The van der Waals surface area contributed by atoms with Crippen LogP contribution in [0.5, 0.6) is 11.5 Å². The van der Waals surface area contributed by atoms with E-state index >= 15 is 0 Å². The first kappa shape index (κ1) is 18.2. The maximum absolute atomic E-state index is 12.3. The molecule has 2 bridgehead atoms. The molecule has 5 nitrogen and oxygen atoms in total. The molecule has 0 aromatic heterocycles. The largest absolute Gasteiger partial charge is 0.482 e. The summed E-state index contributed by atoms with van der Waals surface area (Å²) in [5.41, 5.74) is 2.26. The number of rotatable bonds is 5. The number of esters is 1. The van der Waals surface area contributed by atoms with Gasteiger partial charge in [-0.25, -0.2) is 0 Å². The number of hydrogen-bond donors (Lipinski definition) is 1. The van der Waals surface area contributed by atoms with Gasteiger partial charge in [0.25, 0.3) is 0 Å². The number of piperidine rings is 1. The molecule has 1 spiro atoms. The van der Waals surface area contributed by atoms with Gasteiger partial charge in [-0.2, -0.15) is 0 Å². The van der Waals surface area contributed by atoms with Gasteiger partial charge in [0.15, 0.2) is 11.5 Å². The average molecular weight is 383 g/mol. The Hall–Kier alpha value is -1.85. The molecule has 0 amide bonds. The summed E-state index contributed by atoms with van der Waals surface area (Å²) in [6.07, 6.45) is 8.46. The molecule has 2 aliphatic heterocycles. The van der Waals surface area contributed by atoms with Crippen molar-refractivity contribution in [3.63, 3.8) is 0 Å². The molecule has 28 heavy (non-hydrogen) atoms. The predicted octanol–water partition coefficient (Wildman–Crippen LogP) is 2.98. The van der Waals surface area contributed by atoms with Crippen LogP contribution in [0.4, 0.5) is 0 Å². The monoisotopic (exact) mass is 383 g/mol. The number of unbranched alkanes of at least 4 members (excludes halogenated alkanes) is 2. The molecular weight excluding hydrogens is 354 g/mol. The Morgan fingerprint density at radius 2 is 2.21 bits per heavy atom. The molecule has 5 rings (SSSR count). The van der Waals surface area contributed by atoms with Crippen molar-refractivity contribution in [3.8, 4) is 11.5 Å². The number of benzene rings is 1. The predicted molar refractivity (Wildman–Crippen MR) is 106 cm³/mol. The van der Waals surface area contributed by atoms with Crippen molar-refractivity contribution in [2.45, 2.75) is 69.1 Å². The van der Waals surface area contributed by atoms with Crippen LogP contribution in [0.1, 0.15) is 50.2 Å². The molecule has 0 saturated carbocycles. The maximum Gasteiger partial charge on any atom is 0.311 e. The van der Waals surface area contributed by atoms with E-state index in [2.05, 4.69) is 31.0 Å². The fourth-order valence-corrected chi connectivity index (χ4v) is 6.00. The van der Waals surface area contributed by atoms with Crippen molar-refractivity contribution in [1.82, 2.24) is 4.90 Å². The minimum Gasteiger partial charge on any atom is -0.482 e. The lowest BCUT2D eigenvalue weighted by molar-refractivity contribution is -0.134. The van der Waals surface area contributed by atoms with Gasteiger partial charge in [-0.15, -0.1) is 0 Å². The third-order valence-electron chi connectivity index (χ3n) is 7.34. The summed E-state index contributed by atoms with van der Waals surface area (Å²) >= 11 is 0. The third kappa shape index (κ3) is 2.42. The summed E-state index contributed by atoms with van der Waals surface area (Å²) in [4.78, 5) is 14.8. The van der Waals surface area contributed by atoms with E-state index in [1.54, 1.807) is 0 Å². The van der Waals surface area contributed by atoms with E-state index in [0.717, 1.165) is 38.6 Å². The van der Waals surface area contributed by atoms with E-state index in [1.165, 1.54) is 11.1 Å². The molecule has 150 valence electrons. The van der Waals surface area contributed by atoms with Crippen molar-refractivity contribution in [2.75, 3.05) is 13.6 Å². The van der Waals surface area contributed by atoms with Crippen molar-refractivity contribution in [1.29, 1.82) is 0 Å². The van der Waals surface area contributed by atoms with Gasteiger partial charge in [-0.3, -0.25) is 4.79 Å². The zero-order chi connectivity index (χ0) is 19.5. The molecule has 1 saturated heterocycles. The van der Waals surface area contributed by atoms with Crippen LogP contribution in [0.25, 0.3) is 0 Å². The van der Waals surface area contributed by atoms with Crippen LogP contribution in [0.2, 0.25) is 0 Å². The number of carbonyl (C=O) groups excluding carboxylic acids is 1. The molecule has 2 aliphatic carbocycles. The zero-order valence-electron chi connectivity index (χ0n) is 16.7. The van der Waals surface area contributed by atoms with Gasteiger partial charge in [-0.1, -0.05) is 38.0 Å².